The van der Waals surface area contributed by atoms with E-state index in [0.29, 0.717) is 17.3 Å². The van der Waals surface area contributed by atoms with Gasteiger partial charge in [0.25, 0.3) is 5.09 Å². The summed E-state index contributed by atoms with van der Waals surface area (Å²) in [6.07, 6.45) is -1.03. The van der Waals surface area contributed by atoms with E-state index < -0.39 is 22.8 Å². The van der Waals surface area contributed by atoms with Gasteiger partial charge >= 0.3 is 0 Å². The van der Waals surface area contributed by atoms with Crippen molar-refractivity contribution >= 4 is 17.5 Å². The van der Waals surface area contributed by atoms with E-state index in [-0.39, 0.29) is 31.9 Å². The third kappa shape index (κ3) is 10.9. The number of aliphatic hydroxyl groups is 1. The molecule has 2 atom stereocenters. The average Bonchev–Trinajstić information content (AvgIpc) is 2.63. The van der Waals surface area contributed by atoms with Crippen molar-refractivity contribution in [2.24, 2.45) is 0 Å². The number of aryl methyl sites for hydroxylation is 1. The van der Waals surface area contributed by atoms with Crippen molar-refractivity contribution in [1.82, 2.24) is 10.6 Å². The Kier molecular flexibility index (Phi) is 10.1. The van der Waals surface area contributed by atoms with Crippen LogP contribution in [0.2, 0.25) is 5.02 Å². The summed E-state index contributed by atoms with van der Waals surface area (Å²) in [5, 5.41) is 25.9. The molecule has 9 nitrogen and oxygen atoms in total. The molecular formula is C19H30ClN3O6. The molecule has 1 rings (SSSR count). The maximum atomic E-state index is 11.9. The number of carbonyl (C=O) groups is 1. The topological polar surface area (TPSA) is 123 Å². The van der Waals surface area contributed by atoms with Gasteiger partial charge in [0.2, 0.25) is 5.91 Å². The number of benzene rings is 1. The third-order valence-electron chi connectivity index (χ3n) is 4.11. The third-order valence-corrected chi connectivity index (χ3v) is 4.42. The summed E-state index contributed by atoms with van der Waals surface area (Å²) in [6.45, 7) is 7.90. The van der Waals surface area contributed by atoms with Gasteiger partial charge in [-0.15, -0.1) is 10.1 Å². The highest BCUT2D eigenvalue weighted by Gasteiger charge is 2.20. The van der Waals surface area contributed by atoms with Gasteiger partial charge in [-0.3, -0.25) is 4.79 Å². The first-order valence-electron chi connectivity index (χ1n) is 9.38. The normalized spacial score (nSPS) is 13.4. The molecule has 0 aromatic heterocycles. The molecule has 0 aliphatic carbocycles. The van der Waals surface area contributed by atoms with Crippen molar-refractivity contribution in [3.05, 3.63) is 38.9 Å². The van der Waals surface area contributed by atoms with E-state index in [4.69, 9.17) is 16.3 Å². The van der Waals surface area contributed by atoms with Crippen LogP contribution in [0.1, 0.15) is 39.2 Å². The average molecular weight is 432 g/mol. The lowest BCUT2D eigenvalue weighted by Gasteiger charge is -2.28. The van der Waals surface area contributed by atoms with Gasteiger partial charge in [0, 0.05) is 25.0 Å². The molecule has 0 saturated heterocycles. The fourth-order valence-corrected chi connectivity index (χ4v) is 2.54. The Morgan fingerprint density at radius 1 is 1.41 bits per heavy atom. The number of amides is 1. The molecule has 3 N–H and O–H groups in total. The summed E-state index contributed by atoms with van der Waals surface area (Å²) >= 11 is 6.07. The van der Waals surface area contributed by atoms with E-state index in [1.54, 1.807) is 12.1 Å². The Morgan fingerprint density at radius 3 is 2.76 bits per heavy atom. The molecule has 1 aromatic carbocycles. The first kappa shape index (κ1) is 24.9. The zero-order chi connectivity index (χ0) is 22.0. The van der Waals surface area contributed by atoms with Crippen LogP contribution in [-0.2, 0) is 9.63 Å². The Balaban J connectivity index is 2.30. The highest BCUT2D eigenvalue weighted by Crippen LogP contribution is 2.25. The second-order valence-electron chi connectivity index (χ2n) is 7.62. The number of β-amino-alcohol motifs (C(OH)–C–C–N with tert-alkyl or cyclic N) is 1. The van der Waals surface area contributed by atoms with Crippen LogP contribution in [-0.4, -0.2) is 53.5 Å². The minimum Gasteiger partial charge on any atom is -0.489 e. The second kappa shape index (κ2) is 11.8. The number of hydrogen-bond donors (Lipinski definition) is 3. The van der Waals surface area contributed by atoms with Gasteiger partial charge in [-0.25, -0.2) is 0 Å². The number of rotatable bonds is 13. The minimum atomic E-state index is -0.864. The van der Waals surface area contributed by atoms with E-state index in [0.717, 1.165) is 5.56 Å². The lowest BCUT2D eigenvalue weighted by molar-refractivity contribution is -0.767. The van der Waals surface area contributed by atoms with E-state index >= 15 is 0 Å². The van der Waals surface area contributed by atoms with Gasteiger partial charge in [-0.2, -0.15) is 0 Å². The Morgan fingerprint density at radius 2 is 2.10 bits per heavy atom. The molecule has 0 saturated carbocycles. The predicted octanol–water partition coefficient (Wildman–Crippen LogP) is 2.25. The van der Waals surface area contributed by atoms with Crippen molar-refractivity contribution < 1.29 is 24.6 Å². The zero-order valence-corrected chi connectivity index (χ0v) is 18.0. The monoisotopic (exact) mass is 431 g/mol. The molecule has 0 aliphatic heterocycles. The highest BCUT2D eigenvalue weighted by molar-refractivity contribution is 6.32. The molecule has 1 aromatic rings. The first-order valence-corrected chi connectivity index (χ1v) is 9.76. The van der Waals surface area contributed by atoms with Gasteiger partial charge in [-0.1, -0.05) is 17.7 Å². The van der Waals surface area contributed by atoms with Crippen LogP contribution >= 0.6 is 11.6 Å². The number of nitrogens with one attached hydrogen (secondary N) is 2. The number of aliphatic hydroxyl groups excluding tert-OH is 1. The van der Waals surface area contributed by atoms with E-state index in [1.165, 1.54) is 6.92 Å². The van der Waals surface area contributed by atoms with E-state index in [9.17, 15) is 20.0 Å². The number of carbonyl (C=O) groups excluding carboxylic acids is 1. The molecule has 0 radical (unpaired) electrons. The molecule has 0 aliphatic rings. The number of nitrogens with zero attached hydrogens (tertiary/aromatic N) is 1. The molecule has 1 amide bonds. The maximum Gasteiger partial charge on any atom is 0.294 e. The Labute approximate surface area is 175 Å². The summed E-state index contributed by atoms with van der Waals surface area (Å²) in [6, 6.07) is 5.42. The van der Waals surface area contributed by atoms with Crippen molar-refractivity contribution in [3.63, 3.8) is 0 Å². The number of halogens is 1. The van der Waals surface area contributed by atoms with Crippen LogP contribution in [0.4, 0.5) is 0 Å². The standard InChI is InChI=1S/C19H30ClN3O6/c1-13-5-7-16(20)17(9-13)28-11-15(24)10-22-19(3,4)12-21-18(25)8-6-14(2)29-23(26)27/h5,7,9,14-15,22,24H,6,8,10-12H2,1-4H3,(H,21,25). The summed E-state index contributed by atoms with van der Waals surface area (Å²) in [5.41, 5.74) is 0.536. The summed E-state index contributed by atoms with van der Waals surface area (Å²) in [5.74, 6) is 0.296. The lowest BCUT2D eigenvalue weighted by atomic mass is 10.1. The van der Waals surface area contributed by atoms with E-state index in [1.807, 2.05) is 26.8 Å². The zero-order valence-electron chi connectivity index (χ0n) is 17.2. The van der Waals surface area contributed by atoms with Crippen LogP contribution in [0.25, 0.3) is 0 Å². The van der Waals surface area contributed by atoms with Gasteiger partial charge in [-0.05, 0) is 51.8 Å². The lowest BCUT2D eigenvalue weighted by Crippen LogP contribution is -2.51. The smallest absolute Gasteiger partial charge is 0.294 e. The molecule has 164 valence electrons. The van der Waals surface area contributed by atoms with E-state index in [2.05, 4.69) is 15.5 Å². The van der Waals surface area contributed by atoms with Crippen molar-refractivity contribution in [1.29, 1.82) is 0 Å². The minimum absolute atomic E-state index is 0.0763. The predicted molar refractivity (Wildman–Crippen MR) is 110 cm³/mol. The van der Waals surface area contributed by atoms with Crippen LogP contribution in [0.5, 0.6) is 5.75 Å². The summed E-state index contributed by atoms with van der Waals surface area (Å²) in [4.78, 5) is 26.5. The Bertz CT molecular complexity index is 686. The molecule has 2 unspecified atom stereocenters. The van der Waals surface area contributed by atoms with Crippen LogP contribution in [0.3, 0.4) is 0 Å². The molecule has 0 heterocycles. The quantitative estimate of drug-likeness (QED) is 0.323. The molecule has 0 fully saturated rings. The molecule has 10 heteroatoms. The van der Waals surface area contributed by atoms with Crippen LogP contribution in [0, 0.1) is 17.0 Å². The van der Waals surface area contributed by atoms with Gasteiger partial charge < -0.3 is 25.3 Å². The number of ether oxygens (including phenoxy) is 1. The molecule has 0 spiro atoms. The SMILES string of the molecule is Cc1ccc(Cl)c(OCC(O)CNC(C)(C)CNC(=O)CCC(C)O[N+](=O)[O-])c1. The fraction of sp³-hybridized carbons (Fsp3) is 0.632. The fourth-order valence-electron chi connectivity index (χ4n) is 2.36. The van der Waals surface area contributed by atoms with Crippen LogP contribution in [0.15, 0.2) is 18.2 Å². The van der Waals surface area contributed by atoms with Crippen LogP contribution < -0.4 is 15.4 Å². The van der Waals surface area contributed by atoms with Crippen molar-refractivity contribution in [3.8, 4) is 5.75 Å². The van der Waals surface area contributed by atoms with Crippen molar-refractivity contribution in [2.75, 3.05) is 19.7 Å². The number of hydrogen-bond acceptors (Lipinski definition) is 7. The summed E-state index contributed by atoms with van der Waals surface area (Å²) < 4.78 is 5.57. The first-order chi connectivity index (χ1) is 13.5. The van der Waals surface area contributed by atoms with Crippen molar-refractivity contribution in [2.45, 2.75) is 58.3 Å². The Hall–Kier alpha value is -2.10. The van der Waals surface area contributed by atoms with Gasteiger partial charge in [0.15, 0.2) is 0 Å². The van der Waals surface area contributed by atoms with Gasteiger partial charge in [0.1, 0.15) is 24.6 Å². The second-order valence-corrected chi connectivity index (χ2v) is 8.03. The molecule has 0 bridgehead atoms. The maximum absolute atomic E-state index is 11.9. The molecule has 29 heavy (non-hydrogen) atoms. The molecular weight excluding hydrogens is 402 g/mol. The van der Waals surface area contributed by atoms with Gasteiger partial charge in [0.05, 0.1) is 5.02 Å². The summed E-state index contributed by atoms with van der Waals surface area (Å²) in [7, 11) is 0. The highest BCUT2D eigenvalue weighted by atomic mass is 35.5. The largest absolute Gasteiger partial charge is 0.489 e.